The zero-order valence-electron chi connectivity index (χ0n) is 12.5. The number of aromatic nitrogens is 2. The third-order valence-corrected chi connectivity index (χ3v) is 3.89. The van der Waals surface area contributed by atoms with Crippen LogP contribution in [0.3, 0.4) is 0 Å². The van der Waals surface area contributed by atoms with Crippen LogP contribution in [0.1, 0.15) is 19.4 Å². The highest BCUT2D eigenvalue weighted by Gasteiger charge is 2.28. The standard InChI is InChI=1S/C14H26N4O/c1-11(2)18-5-6-19-14(10-18)13(15-3)7-12-8-16-17(4)9-12/h8-9,11,13-15H,5-7,10H2,1-4H3. The first-order valence-corrected chi connectivity index (χ1v) is 7.10. The molecule has 2 atom stereocenters. The molecular weight excluding hydrogens is 240 g/mol. The molecule has 1 aromatic heterocycles. The molecule has 1 saturated heterocycles. The topological polar surface area (TPSA) is 42.3 Å². The average Bonchev–Trinajstić information content (AvgIpc) is 2.81. The number of rotatable bonds is 5. The van der Waals surface area contributed by atoms with E-state index in [2.05, 4.69) is 35.4 Å². The number of hydrogen-bond acceptors (Lipinski definition) is 4. The van der Waals surface area contributed by atoms with E-state index in [0.29, 0.717) is 12.1 Å². The van der Waals surface area contributed by atoms with Crippen LogP contribution in [-0.2, 0) is 18.2 Å². The van der Waals surface area contributed by atoms with Gasteiger partial charge in [-0.3, -0.25) is 9.58 Å². The molecule has 2 heterocycles. The predicted molar refractivity (Wildman–Crippen MR) is 76.2 cm³/mol. The number of ether oxygens (including phenoxy) is 1. The van der Waals surface area contributed by atoms with E-state index in [4.69, 9.17) is 4.74 Å². The maximum absolute atomic E-state index is 5.96. The second kappa shape index (κ2) is 6.50. The summed E-state index contributed by atoms with van der Waals surface area (Å²) < 4.78 is 7.81. The van der Waals surface area contributed by atoms with Crippen LogP contribution >= 0.6 is 0 Å². The van der Waals surface area contributed by atoms with Gasteiger partial charge in [0.1, 0.15) is 0 Å². The van der Waals surface area contributed by atoms with E-state index in [0.717, 1.165) is 26.1 Å². The maximum atomic E-state index is 5.96. The summed E-state index contributed by atoms with van der Waals surface area (Å²) in [5, 5.41) is 7.63. The fraction of sp³-hybridized carbons (Fsp3) is 0.786. The fourth-order valence-electron chi connectivity index (χ4n) is 2.66. The van der Waals surface area contributed by atoms with Gasteiger partial charge >= 0.3 is 0 Å². The Morgan fingerprint density at radius 1 is 1.53 bits per heavy atom. The normalized spacial score (nSPS) is 22.9. The molecule has 5 nitrogen and oxygen atoms in total. The summed E-state index contributed by atoms with van der Waals surface area (Å²) in [6.07, 6.45) is 5.23. The van der Waals surface area contributed by atoms with Crippen LogP contribution in [0.5, 0.6) is 0 Å². The first kappa shape index (κ1) is 14.5. The molecule has 0 bridgehead atoms. The van der Waals surface area contributed by atoms with Crippen molar-refractivity contribution < 1.29 is 4.74 Å². The summed E-state index contributed by atoms with van der Waals surface area (Å²) in [7, 11) is 3.97. The molecule has 1 N–H and O–H groups in total. The van der Waals surface area contributed by atoms with E-state index >= 15 is 0 Å². The van der Waals surface area contributed by atoms with E-state index in [9.17, 15) is 0 Å². The van der Waals surface area contributed by atoms with Crippen molar-refractivity contribution in [2.75, 3.05) is 26.7 Å². The summed E-state index contributed by atoms with van der Waals surface area (Å²) in [5.41, 5.74) is 1.26. The zero-order valence-corrected chi connectivity index (χ0v) is 12.5. The van der Waals surface area contributed by atoms with Crippen molar-refractivity contribution in [3.63, 3.8) is 0 Å². The molecule has 0 spiro atoms. The third kappa shape index (κ3) is 3.78. The Hall–Kier alpha value is -0.910. The van der Waals surface area contributed by atoms with E-state index in [1.54, 1.807) is 0 Å². The highest BCUT2D eigenvalue weighted by molar-refractivity contribution is 5.07. The van der Waals surface area contributed by atoms with E-state index in [-0.39, 0.29) is 6.10 Å². The van der Waals surface area contributed by atoms with Gasteiger partial charge in [-0.1, -0.05) is 0 Å². The largest absolute Gasteiger partial charge is 0.374 e. The van der Waals surface area contributed by atoms with E-state index < -0.39 is 0 Å². The number of nitrogens with zero attached hydrogens (tertiary/aromatic N) is 3. The minimum atomic E-state index is 0.251. The maximum Gasteiger partial charge on any atom is 0.0858 e. The molecule has 0 amide bonds. The Morgan fingerprint density at radius 2 is 2.32 bits per heavy atom. The van der Waals surface area contributed by atoms with Crippen LogP contribution in [0.2, 0.25) is 0 Å². The van der Waals surface area contributed by atoms with Crippen LogP contribution in [0.15, 0.2) is 12.4 Å². The van der Waals surface area contributed by atoms with E-state index in [1.807, 2.05) is 25.0 Å². The average molecular weight is 266 g/mol. The number of morpholine rings is 1. The lowest BCUT2D eigenvalue weighted by atomic mass is 10.0. The number of nitrogens with one attached hydrogen (secondary N) is 1. The number of likely N-dealkylation sites (N-methyl/N-ethyl adjacent to an activating group) is 1. The lowest BCUT2D eigenvalue weighted by Gasteiger charge is -2.38. The van der Waals surface area contributed by atoms with Crippen molar-refractivity contribution in [3.8, 4) is 0 Å². The number of hydrogen-bond donors (Lipinski definition) is 1. The molecule has 108 valence electrons. The lowest BCUT2D eigenvalue weighted by Crippen LogP contribution is -2.53. The monoisotopic (exact) mass is 266 g/mol. The van der Waals surface area contributed by atoms with Gasteiger partial charge in [0.15, 0.2) is 0 Å². The highest BCUT2D eigenvalue weighted by Crippen LogP contribution is 2.14. The molecule has 0 radical (unpaired) electrons. The molecule has 1 aromatic rings. The van der Waals surface area contributed by atoms with Gasteiger partial charge in [0.05, 0.1) is 18.9 Å². The van der Waals surface area contributed by atoms with Gasteiger partial charge < -0.3 is 10.1 Å². The Labute approximate surface area is 115 Å². The van der Waals surface area contributed by atoms with Crippen molar-refractivity contribution in [2.45, 2.75) is 38.5 Å². The van der Waals surface area contributed by atoms with Gasteiger partial charge in [0.2, 0.25) is 0 Å². The lowest BCUT2D eigenvalue weighted by molar-refractivity contribution is -0.0541. The zero-order chi connectivity index (χ0) is 13.8. The van der Waals surface area contributed by atoms with Gasteiger partial charge in [0, 0.05) is 38.4 Å². The highest BCUT2D eigenvalue weighted by atomic mass is 16.5. The Balaban J connectivity index is 1.96. The summed E-state index contributed by atoms with van der Waals surface area (Å²) in [4.78, 5) is 2.49. The second-order valence-corrected chi connectivity index (χ2v) is 5.62. The van der Waals surface area contributed by atoms with Crippen molar-refractivity contribution in [3.05, 3.63) is 18.0 Å². The van der Waals surface area contributed by atoms with Gasteiger partial charge in [0.25, 0.3) is 0 Å². The Kier molecular flexibility index (Phi) is 4.96. The molecule has 1 aliphatic rings. The Bertz CT molecular complexity index is 391. The minimum Gasteiger partial charge on any atom is -0.374 e. The van der Waals surface area contributed by atoms with Crippen molar-refractivity contribution in [1.82, 2.24) is 20.0 Å². The Morgan fingerprint density at radius 3 is 2.89 bits per heavy atom. The third-order valence-electron chi connectivity index (χ3n) is 3.89. The van der Waals surface area contributed by atoms with Crippen LogP contribution in [0, 0.1) is 0 Å². The van der Waals surface area contributed by atoms with Gasteiger partial charge in [-0.05, 0) is 32.9 Å². The van der Waals surface area contributed by atoms with Crippen molar-refractivity contribution >= 4 is 0 Å². The molecule has 0 aliphatic carbocycles. The van der Waals surface area contributed by atoms with Crippen LogP contribution in [-0.4, -0.2) is 59.6 Å². The molecular formula is C14H26N4O. The first-order chi connectivity index (χ1) is 9.10. The summed E-state index contributed by atoms with van der Waals surface area (Å²) >= 11 is 0. The summed E-state index contributed by atoms with van der Waals surface area (Å²) in [6, 6.07) is 0.924. The minimum absolute atomic E-state index is 0.251. The molecule has 1 aliphatic heterocycles. The quantitative estimate of drug-likeness (QED) is 0.850. The molecule has 0 saturated carbocycles. The van der Waals surface area contributed by atoms with Gasteiger partial charge in [-0.15, -0.1) is 0 Å². The summed E-state index contributed by atoms with van der Waals surface area (Å²) in [6.45, 7) is 7.37. The molecule has 19 heavy (non-hydrogen) atoms. The van der Waals surface area contributed by atoms with Gasteiger partial charge in [-0.25, -0.2) is 0 Å². The molecule has 2 unspecified atom stereocenters. The smallest absolute Gasteiger partial charge is 0.0858 e. The van der Waals surface area contributed by atoms with Crippen LogP contribution in [0.4, 0.5) is 0 Å². The SMILES string of the molecule is CNC(Cc1cnn(C)c1)C1CN(C(C)C)CCO1. The molecule has 1 fully saturated rings. The van der Waals surface area contributed by atoms with Gasteiger partial charge in [-0.2, -0.15) is 5.10 Å². The fourth-order valence-corrected chi connectivity index (χ4v) is 2.66. The second-order valence-electron chi connectivity index (χ2n) is 5.62. The van der Waals surface area contributed by atoms with Crippen molar-refractivity contribution in [2.24, 2.45) is 7.05 Å². The van der Waals surface area contributed by atoms with E-state index in [1.165, 1.54) is 5.56 Å². The van der Waals surface area contributed by atoms with Crippen LogP contribution < -0.4 is 5.32 Å². The van der Waals surface area contributed by atoms with Crippen LogP contribution in [0.25, 0.3) is 0 Å². The summed E-state index contributed by atoms with van der Waals surface area (Å²) in [5.74, 6) is 0. The number of aryl methyl sites for hydroxylation is 1. The molecule has 0 aromatic carbocycles. The first-order valence-electron chi connectivity index (χ1n) is 7.10. The molecule has 2 rings (SSSR count). The predicted octanol–water partition coefficient (Wildman–Crippen LogP) is 0.660. The molecule has 5 heteroatoms. The van der Waals surface area contributed by atoms with Crippen molar-refractivity contribution in [1.29, 1.82) is 0 Å².